The fourth-order valence-corrected chi connectivity index (χ4v) is 10.5. The van der Waals surface area contributed by atoms with E-state index in [1.54, 1.807) is 0 Å². The lowest BCUT2D eigenvalue weighted by molar-refractivity contribution is 0.0520. The van der Waals surface area contributed by atoms with E-state index in [0.29, 0.717) is 41.4 Å². The lowest BCUT2D eigenvalue weighted by atomic mass is 10.0. The average molecular weight is 704 g/mol. The highest BCUT2D eigenvalue weighted by molar-refractivity contribution is 7.19. The van der Waals surface area contributed by atoms with Gasteiger partial charge in [0, 0.05) is 16.3 Å². The van der Waals surface area contributed by atoms with Crippen LogP contribution in [0.3, 0.4) is 0 Å². The summed E-state index contributed by atoms with van der Waals surface area (Å²) in [4.78, 5) is 28.5. The van der Waals surface area contributed by atoms with Crippen LogP contribution < -0.4 is 4.43 Å². The second-order valence-corrected chi connectivity index (χ2v) is 21.5. The van der Waals surface area contributed by atoms with Gasteiger partial charge in [0.05, 0.1) is 34.6 Å². The van der Waals surface area contributed by atoms with Crippen molar-refractivity contribution in [2.45, 2.75) is 106 Å². The second-order valence-electron chi connectivity index (χ2n) is 16.3. The van der Waals surface area contributed by atoms with Crippen LogP contribution in [-0.2, 0) is 27.4 Å². The van der Waals surface area contributed by atoms with Gasteiger partial charge in [0.15, 0.2) is 0 Å². The Morgan fingerprint density at radius 3 is 2.08 bits per heavy atom. The van der Waals surface area contributed by atoms with Crippen molar-refractivity contribution in [1.82, 2.24) is 14.3 Å². The summed E-state index contributed by atoms with van der Waals surface area (Å²) in [6.07, 6.45) is -1.16. The Hall–Kier alpha value is -3.93. The first-order valence-corrected chi connectivity index (χ1v) is 20.6. The van der Waals surface area contributed by atoms with Crippen LogP contribution in [0.1, 0.15) is 72.8 Å². The van der Waals surface area contributed by atoms with Crippen molar-refractivity contribution in [3.63, 3.8) is 0 Å². The molecule has 0 N–H and O–H groups in total. The van der Waals surface area contributed by atoms with Crippen LogP contribution in [0.2, 0.25) is 19.1 Å². The molecule has 0 unspecified atom stereocenters. The number of hydrogen-bond acceptors (Lipinski definition) is 8. The zero-order valence-corrected chi connectivity index (χ0v) is 32.4. The molecule has 9 nitrogen and oxygen atoms in total. The van der Waals surface area contributed by atoms with Gasteiger partial charge in [0.1, 0.15) is 22.6 Å². The first-order chi connectivity index (χ1) is 22.7. The zero-order chi connectivity index (χ0) is 35.9. The highest BCUT2D eigenvalue weighted by Crippen LogP contribution is 2.39. The van der Waals surface area contributed by atoms with Crippen LogP contribution in [0.4, 0.5) is 9.59 Å². The van der Waals surface area contributed by atoms with Crippen molar-refractivity contribution < 1.29 is 28.2 Å². The molecule has 0 bridgehead atoms. The van der Waals surface area contributed by atoms with Crippen LogP contribution in [0, 0.1) is 5.41 Å². The molecule has 0 aliphatic heterocycles. The molecule has 3 heterocycles. The van der Waals surface area contributed by atoms with Gasteiger partial charge in [-0.05, 0) is 95.9 Å². The SMILES string of the molecule is CC(C)(C)C[Si](C)(C)Oc1ccc2cc(-c3nn(C(=O)OC(C)(C)C)c4cc(COCc5ccccc5)sc34)n(C(=O)OC(C)(C)C)c2c1. The van der Waals surface area contributed by atoms with E-state index in [4.69, 9.17) is 23.7 Å². The number of carbonyl (C=O) groups is 2. The van der Waals surface area contributed by atoms with E-state index >= 15 is 0 Å². The molecular formula is C38H49N3O6SSi. The number of ether oxygens (including phenoxy) is 3. The predicted octanol–water partition coefficient (Wildman–Crippen LogP) is 10.6. The third-order valence-electron chi connectivity index (χ3n) is 7.27. The van der Waals surface area contributed by atoms with E-state index in [1.165, 1.54) is 20.6 Å². The fraction of sp³-hybridized carbons (Fsp3) is 0.447. The van der Waals surface area contributed by atoms with Crippen LogP contribution >= 0.6 is 11.3 Å². The molecule has 3 aromatic heterocycles. The molecule has 0 aliphatic rings. The fourth-order valence-electron chi connectivity index (χ4n) is 6.04. The second kappa shape index (κ2) is 13.4. The quantitative estimate of drug-likeness (QED) is 0.148. The van der Waals surface area contributed by atoms with Crippen LogP contribution in [0.25, 0.3) is 32.5 Å². The smallest absolute Gasteiger partial charge is 0.435 e. The van der Waals surface area contributed by atoms with Crippen molar-refractivity contribution in [1.29, 1.82) is 0 Å². The van der Waals surface area contributed by atoms with Gasteiger partial charge in [-0.2, -0.15) is 9.78 Å². The molecule has 0 radical (unpaired) electrons. The van der Waals surface area contributed by atoms with Crippen molar-refractivity contribution in [2.24, 2.45) is 5.41 Å². The maximum Gasteiger partial charge on any atom is 0.435 e. The number of aromatic nitrogens is 3. The van der Waals surface area contributed by atoms with Gasteiger partial charge in [-0.25, -0.2) is 14.2 Å². The first kappa shape index (κ1) is 36.4. The van der Waals surface area contributed by atoms with E-state index in [1.807, 2.05) is 102 Å². The van der Waals surface area contributed by atoms with Crippen molar-refractivity contribution >= 4 is 53.0 Å². The van der Waals surface area contributed by atoms with Gasteiger partial charge in [-0.1, -0.05) is 51.1 Å². The maximum atomic E-state index is 14.0. The lowest BCUT2D eigenvalue weighted by Gasteiger charge is -2.31. The molecule has 0 aliphatic carbocycles. The third kappa shape index (κ3) is 9.20. The summed E-state index contributed by atoms with van der Waals surface area (Å²) in [5.41, 5.74) is 1.87. The van der Waals surface area contributed by atoms with Gasteiger partial charge in [-0.3, -0.25) is 0 Å². The summed E-state index contributed by atoms with van der Waals surface area (Å²) in [7, 11) is -2.11. The number of rotatable bonds is 8. The summed E-state index contributed by atoms with van der Waals surface area (Å²) in [6, 6.07) is 20.5. The van der Waals surface area contributed by atoms with Gasteiger partial charge in [0.25, 0.3) is 0 Å². The minimum Gasteiger partial charge on any atom is -0.544 e. The minimum absolute atomic E-state index is 0.119. The average Bonchev–Trinajstić information content (AvgIpc) is 3.61. The Balaban J connectivity index is 1.63. The Morgan fingerprint density at radius 1 is 0.796 bits per heavy atom. The molecule has 2 aromatic carbocycles. The topological polar surface area (TPSA) is 93.8 Å². The number of carbonyl (C=O) groups excluding carboxylic acids is 2. The molecule has 0 atom stereocenters. The molecule has 0 fully saturated rings. The summed E-state index contributed by atoms with van der Waals surface area (Å²) in [5, 5.41) is 5.60. The van der Waals surface area contributed by atoms with Gasteiger partial charge in [-0.15, -0.1) is 11.3 Å². The van der Waals surface area contributed by atoms with Crippen molar-refractivity contribution in [2.75, 3.05) is 0 Å². The monoisotopic (exact) mass is 703 g/mol. The standard InChI is InChI=1S/C38H49N3O6SSi/c1-36(2,3)24-49(10,11)47-27-18-17-26-19-30(40(29(26)20-27)34(42)45-37(4,5)6)32-33-31(41(39-32)35(43)46-38(7,8)9)21-28(48-33)23-44-22-25-15-13-12-14-16-25/h12-21H,22-24H2,1-11H3. The Kier molecular flexibility index (Phi) is 9.95. The number of fused-ring (bicyclic) bond motifs is 2. The molecule has 262 valence electrons. The van der Waals surface area contributed by atoms with Crippen LogP contribution in [0.5, 0.6) is 5.75 Å². The van der Waals surface area contributed by atoms with Gasteiger partial charge < -0.3 is 18.6 Å². The van der Waals surface area contributed by atoms with Crippen LogP contribution in [0.15, 0.2) is 60.7 Å². The molecule has 0 saturated heterocycles. The normalized spacial score (nSPS) is 12.9. The maximum absolute atomic E-state index is 14.0. The summed E-state index contributed by atoms with van der Waals surface area (Å²) >= 11 is 1.47. The van der Waals surface area contributed by atoms with E-state index in [0.717, 1.165) is 26.6 Å². The van der Waals surface area contributed by atoms with Crippen LogP contribution in [-0.4, -0.2) is 46.1 Å². The molecule has 11 heteroatoms. The molecule has 0 saturated carbocycles. The molecule has 5 aromatic rings. The molecule has 49 heavy (non-hydrogen) atoms. The molecular weight excluding hydrogens is 655 g/mol. The number of hydrogen-bond donors (Lipinski definition) is 0. The summed E-state index contributed by atoms with van der Waals surface area (Å²) in [5.74, 6) is 0.696. The highest BCUT2D eigenvalue weighted by Gasteiger charge is 2.32. The molecule has 5 rings (SSSR count). The van der Waals surface area contributed by atoms with E-state index in [9.17, 15) is 9.59 Å². The minimum atomic E-state index is -2.11. The summed E-state index contributed by atoms with van der Waals surface area (Å²) in [6.45, 7) is 22.8. The Morgan fingerprint density at radius 2 is 1.45 bits per heavy atom. The largest absolute Gasteiger partial charge is 0.544 e. The van der Waals surface area contributed by atoms with Gasteiger partial charge >= 0.3 is 12.2 Å². The van der Waals surface area contributed by atoms with E-state index in [2.05, 4.69) is 33.9 Å². The zero-order valence-electron chi connectivity index (χ0n) is 30.6. The van der Waals surface area contributed by atoms with E-state index in [-0.39, 0.29) is 5.41 Å². The molecule has 0 amide bonds. The van der Waals surface area contributed by atoms with Gasteiger partial charge in [0.2, 0.25) is 8.32 Å². The number of thiophene rings is 1. The van der Waals surface area contributed by atoms with E-state index < -0.39 is 31.7 Å². The first-order valence-electron chi connectivity index (χ1n) is 16.6. The van der Waals surface area contributed by atoms with Crippen molar-refractivity contribution in [3.05, 3.63) is 71.1 Å². The Labute approximate surface area is 294 Å². The number of benzene rings is 2. The molecule has 0 spiro atoms. The lowest BCUT2D eigenvalue weighted by Crippen LogP contribution is -2.38. The van der Waals surface area contributed by atoms with Crippen molar-refractivity contribution in [3.8, 4) is 17.1 Å². The highest BCUT2D eigenvalue weighted by atomic mass is 32.1. The predicted molar refractivity (Wildman–Crippen MR) is 199 cm³/mol. The third-order valence-corrected chi connectivity index (χ3v) is 11.1. The Bertz CT molecular complexity index is 1970. The summed E-state index contributed by atoms with van der Waals surface area (Å²) < 4.78 is 27.9. The number of nitrogens with zero attached hydrogens (tertiary/aromatic N) is 3.